The van der Waals surface area contributed by atoms with Crippen molar-refractivity contribution in [2.24, 2.45) is 0 Å². The molecular formula is C79H51NO3. The van der Waals surface area contributed by atoms with Crippen molar-refractivity contribution < 1.29 is 13.3 Å². The van der Waals surface area contributed by atoms with Crippen molar-refractivity contribution in [3.8, 4) is 55.6 Å². The molecule has 0 unspecified atom stereocenters. The van der Waals surface area contributed by atoms with Crippen LogP contribution in [0.1, 0.15) is 72.2 Å². The summed E-state index contributed by atoms with van der Waals surface area (Å²) in [4.78, 5) is 2.53. The third kappa shape index (κ3) is 5.52. The van der Waals surface area contributed by atoms with E-state index in [2.05, 4.69) is 269 Å². The molecule has 15 aromatic rings. The van der Waals surface area contributed by atoms with Gasteiger partial charge in [0.25, 0.3) is 0 Å². The van der Waals surface area contributed by atoms with E-state index in [-0.39, 0.29) is 5.41 Å². The van der Waals surface area contributed by atoms with Crippen LogP contribution in [0.15, 0.2) is 250 Å². The average Bonchev–Trinajstić information content (AvgIpc) is 1.72. The number of benzene rings is 12. The number of hydrogen-bond donors (Lipinski definition) is 0. The molecule has 3 heterocycles. The summed E-state index contributed by atoms with van der Waals surface area (Å²) in [6.07, 6.45) is 0. The maximum Gasteiger partial charge on any atom is 0.144 e. The highest BCUT2D eigenvalue weighted by Crippen LogP contribution is 2.67. The first-order chi connectivity index (χ1) is 40.7. The van der Waals surface area contributed by atoms with Crippen molar-refractivity contribution in [2.45, 2.75) is 43.9 Å². The standard InChI is InChI=1S/C79H51NO3/c1-77(2)56-29-14-10-25-49(56)72-74(77)73-69(71-54-28-13-19-35-65(54)83-76(71)72)50-39-37-45(41-59(50)78(73,3)4)80(62-32-20-36-66-68(62)52-26-11-17-33-63(52)81-66)46-38-40-51-60(42-46)79(57-30-15-8-23-47(57)48-24-9-16-31-58(48)79)61-43-55(44-21-6-5-7-22-44)75-70(67(51)61)53-27-12-18-34-64(53)82-75/h5-43H,1-4H3. The van der Waals surface area contributed by atoms with Gasteiger partial charge in [-0.1, -0.05) is 204 Å². The van der Waals surface area contributed by atoms with Crippen LogP contribution in [0.2, 0.25) is 0 Å². The van der Waals surface area contributed by atoms with E-state index in [0.29, 0.717) is 0 Å². The van der Waals surface area contributed by atoms with Crippen molar-refractivity contribution in [2.75, 3.05) is 4.90 Å². The van der Waals surface area contributed by atoms with Crippen molar-refractivity contribution in [3.05, 3.63) is 281 Å². The van der Waals surface area contributed by atoms with Crippen LogP contribution in [0, 0.1) is 0 Å². The molecule has 19 rings (SSSR count). The van der Waals surface area contributed by atoms with Gasteiger partial charge in [0.05, 0.1) is 16.5 Å². The molecule has 0 saturated heterocycles. The number of hydrogen-bond acceptors (Lipinski definition) is 4. The molecule has 83 heavy (non-hydrogen) atoms. The molecule has 390 valence electrons. The van der Waals surface area contributed by atoms with E-state index in [4.69, 9.17) is 13.3 Å². The molecule has 12 aromatic carbocycles. The number of furan rings is 3. The maximum absolute atomic E-state index is 7.09. The fourth-order valence-corrected chi connectivity index (χ4v) is 16.5. The van der Waals surface area contributed by atoms with Gasteiger partial charge in [0.2, 0.25) is 0 Å². The van der Waals surface area contributed by atoms with Gasteiger partial charge in [-0.05, 0) is 150 Å². The Bertz CT molecular complexity index is 5360. The third-order valence-corrected chi connectivity index (χ3v) is 19.8. The Kier molecular flexibility index (Phi) is 8.58. The molecule has 3 aromatic heterocycles. The van der Waals surface area contributed by atoms with Crippen LogP contribution in [-0.4, -0.2) is 0 Å². The third-order valence-electron chi connectivity index (χ3n) is 19.8. The summed E-state index contributed by atoms with van der Waals surface area (Å²) in [5, 5.41) is 6.76. The summed E-state index contributed by atoms with van der Waals surface area (Å²) in [6, 6.07) is 87.5. The van der Waals surface area contributed by atoms with Crippen LogP contribution in [-0.2, 0) is 16.2 Å². The summed E-state index contributed by atoms with van der Waals surface area (Å²) >= 11 is 0. The van der Waals surface area contributed by atoms with E-state index in [1.54, 1.807) is 0 Å². The van der Waals surface area contributed by atoms with Gasteiger partial charge in [-0.25, -0.2) is 0 Å². The lowest BCUT2D eigenvalue weighted by molar-refractivity contribution is 0.600. The van der Waals surface area contributed by atoms with Crippen LogP contribution in [0.4, 0.5) is 17.1 Å². The van der Waals surface area contributed by atoms with Crippen molar-refractivity contribution >= 4 is 82.9 Å². The maximum atomic E-state index is 7.09. The van der Waals surface area contributed by atoms with E-state index in [0.717, 1.165) is 88.6 Å². The molecule has 0 radical (unpaired) electrons. The smallest absolute Gasteiger partial charge is 0.144 e. The van der Waals surface area contributed by atoms with Crippen LogP contribution in [0.3, 0.4) is 0 Å². The van der Waals surface area contributed by atoms with Crippen LogP contribution in [0.5, 0.6) is 0 Å². The van der Waals surface area contributed by atoms with Gasteiger partial charge in [-0.2, -0.15) is 0 Å². The molecule has 0 atom stereocenters. The van der Waals surface area contributed by atoms with Gasteiger partial charge in [0.15, 0.2) is 0 Å². The summed E-state index contributed by atoms with van der Waals surface area (Å²) in [7, 11) is 0. The fraction of sp³-hybridized carbons (Fsp3) is 0.0886. The van der Waals surface area contributed by atoms with Gasteiger partial charge in [-0.15, -0.1) is 0 Å². The highest BCUT2D eigenvalue weighted by molar-refractivity contribution is 6.22. The molecule has 0 N–H and O–H groups in total. The molecule has 4 aliphatic carbocycles. The molecule has 0 aliphatic heterocycles. The van der Waals surface area contributed by atoms with Crippen LogP contribution >= 0.6 is 0 Å². The Morgan fingerprint density at radius 1 is 0.301 bits per heavy atom. The molecule has 0 fully saturated rings. The van der Waals surface area contributed by atoms with Gasteiger partial charge >= 0.3 is 0 Å². The number of nitrogens with zero attached hydrogens (tertiary/aromatic N) is 1. The lowest BCUT2D eigenvalue weighted by Crippen LogP contribution is -2.26. The van der Waals surface area contributed by atoms with Crippen molar-refractivity contribution in [1.29, 1.82) is 0 Å². The van der Waals surface area contributed by atoms with Gasteiger partial charge in [0.1, 0.15) is 33.5 Å². The Morgan fingerprint density at radius 3 is 1.46 bits per heavy atom. The highest BCUT2D eigenvalue weighted by atomic mass is 16.3. The number of fused-ring (bicyclic) bond motifs is 29. The fourth-order valence-electron chi connectivity index (χ4n) is 16.5. The Morgan fingerprint density at radius 2 is 0.783 bits per heavy atom. The summed E-state index contributed by atoms with van der Waals surface area (Å²) in [5.74, 6) is 0. The molecule has 4 heteroatoms. The Labute approximate surface area is 479 Å². The van der Waals surface area contributed by atoms with Crippen molar-refractivity contribution in [3.63, 3.8) is 0 Å². The zero-order valence-electron chi connectivity index (χ0n) is 46.2. The normalized spacial score (nSPS) is 15.0. The predicted molar refractivity (Wildman–Crippen MR) is 340 cm³/mol. The molecule has 0 bridgehead atoms. The highest BCUT2D eigenvalue weighted by Gasteiger charge is 2.54. The first-order valence-electron chi connectivity index (χ1n) is 29.1. The number of rotatable bonds is 4. The van der Waals surface area contributed by atoms with E-state index >= 15 is 0 Å². The van der Waals surface area contributed by atoms with Gasteiger partial charge in [-0.3, -0.25) is 0 Å². The minimum atomic E-state index is -0.685. The minimum Gasteiger partial charge on any atom is -0.456 e. The lowest BCUT2D eigenvalue weighted by atomic mass is 9.70. The molecule has 1 spiro atoms. The predicted octanol–water partition coefficient (Wildman–Crippen LogP) is 21.5. The zero-order chi connectivity index (χ0) is 54.8. The molecular weight excluding hydrogens is 1010 g/mol. The molecule has 0 amide bonds. The lowest BCUT2D eigenvalue weighted by Gasteiger charge is -2.33. The second-order valence-electron chi connectivity index (χ2n) is 24.5. The van der Waals surface area contributed by atoms with Gasteiger partial charge in [0, 0.05) is 60.3 Å². The summed E-state index contributed by atoms with van der Waals surface area (Å²) < 4.78 is 20.9. The minimum absolute atomic E-state index is 0.277. The van der Waals surface area contributed by atoms with Crippen LogP contribution in [0.25, 0.3) is 121 Å². The quantitative estimate of drug-likeness (QED) is 0.176. The van der Waals surface area contributed by atoms with Crippen LogP contribution < -0.4 is 4.90 Å². The van der Waals surface area contributed by atoms with E-state index < -0.39 is 10.8 Å². The monoisotopic (exact) mass is 1060 g/mol. The summed E-state index contributed by atoms with van der Waals surface area (Å²) in [5.41, 5.74) is 29.8. The topological polar surface area (TPSA) is 42.7 Å². The molecule has 4 nitrogen and oxygen atoms in total. The SMILES string of the molecule is CC1(C)c2ccccc2-c2c1c1c(c3c2oc2ccccc23)-c2ccc(N(c3ccc4c(c3)C3(c5ccccc5-c5ccccc53)c3cc(-c5ccccc5)c5oc6ccccc6c5c3-4)c3cccc4oc5ccccc5c34)cc2C1(C)C. The summed E-state index contributed by atoms with van der Waals surface area (Å²) in [6.45, 7) is 9.74. The first kappa shape index (κ1) is 45.6. The Hall–Kier alpha value is -10.2. The second kappa shape index (κ2) is 15.6. The van der Waals surface area contributed by atoms with Gasteiger partial charge < -0.3 is 18.2 Å². The van der Waals surface area contributed by atoms with Crippen molar-refractivity contribution in [1.82, 2.24) is 0 Å². The average molecular weight is 1060 g/mol. The first-order valence-corrected chi connectivity index (χ1v) is 29.1. The molecule has 4 aliphatic rings. The Balaban J connectivity index is 0.916. The van der Waals surface area contributed by atoms with E-state index in [9.17, 15) is 0 Å². The second-order valence-corrected chi connectivity index (χ2v) is 24.5. The number of para-hydroxylation sites is 3. The van der Waals surface area contributed by atoms with E-state index in [1.165, 1.54) is 94.4 Å². The number of anilines is 3. The zero-order valence-corrected chi connectivity index (χ0v) is 46.2. The largest absolute Gasteiger partial charge is 0.456 e. The molecule has 0 saturated carbocycles. The van der Waals surface area contributed by atoms with E-state index in [1.807, 2.05) is 0 Å².